The van der Waals surface area contributed by atoms with Crippen molar-refractivity contribution in [3.05, 3.63) is 53.6 Å². The van der Waals surface area contributed by atoms with Crippen molar-refractivity contribution < 1.29 is 31.5 Å². The molecule has 0 aromatic heterocycles. The predicted octanol–water partition coefficient (Wildman–Crippen LogP) is 4.24. The lowest BCUT2D eigenvalue weighted by atomic mass is 10.1. The lowest BCUT2D eigenvalue weighted by molar-refractivity contribution is -0.137. The molecule has 27 heavy (non-hydrogen) atoms. The Balaban J connectivity index is 2.30. The van der Waals surface area contributed by atoms with E-state index in [0.29, 0.717) is 12.8 Å². The van der Waals surface area contributed by atoms with Gasteiger partial charge in [0.2, 0.25) is 0 Å². The molecule has 0 aliphatic rings. The molecule has 5 nitrogen and oxygen atoms in total. The summed E-state index contributed by atoms with van der Waals surface area (Å²) in [7, 11) is -3.63. The van der Waals surface area contributed by atoms with Gasteiger partial charge < -0.3 is 10.4 Å². The van der Waals surface area contributed by atoms with E-state index in [4.69, 9.17) is 0 Å². The summed E-state index contributed by atoms with van der Waals surface area (Å²) < 4.78 is 62.8. The van der Waals surface area contributed by atoms with Crippen LogP contribution in [0.5, 0.6) is 5.75 Å². The number of carbonyl (C=O) groups excluding carboxylic acids is 1. The van der Waals surface area contributed by atoms with E-state index in [2.05, 4.69) is 5.32 Å². The van der Waals surface area contributed by atoms with Gasteiger partial charge >= 0.3 is 6.18 Å². The number of hydrogen-bond acceptors (Lipinski definition) is 4. The number of amides is 1. The molecule has 2 rings (SSSR count). The van der Waals surface area contributed by atoms with Crippen LogP contribution in [0.25, 0.3) is 0 Å². The minimum absolute atomic E-state index is 0.108. The Hall–Kier alpha value is -2.55. The average Bonchev–Trinajstić information content (AvgIpc) is 2.59. The number of benzene rings is 2. The van der Waals surface area contributed by atoms with Gasteiger partial charge in [-0.25, -0.2) is 8.42 Å². The van der Waals surface area contributed by atoms with Gasteiger partial charge in [-0.3, -0.25) is 4.79 Å². The fourth-order valence-corrected chi connectivity index (χ4v) is 3.79. The van der Waals surface area contributed by atoms with Gasteiger partial charge in [-0.1, -0.05) is 19.4 Å². The van der Waals surface area contributed by atoms with Crippen LogP contribution in [-0.4, -0.2) is 25.2 Å². The first-order chi connectivity index (χ1) is 12.5. The van der Waals surface area contributed by atoms with E-state index in [1.807, 2.05) is 6.92 Å². The lowest BCUT2D eigenvalue weighted by Crippen LogP contribution is -2.15. The van der Waals surface area contributed by atoms with Gasteiger partial charge in [0, 0.05) is 5.69 Å². The van der Waals surface area contributed by atoms with Gasteiger partial charge in [0.1, 0.15) is 5.75 Å². The number of nitrogens with one attached hydrogen (secondary N) is 1. The van der Waals surface area contributed by atoms with Gasteiger partial charge in [0.25, 0.3) is 5.91 Å². The van der Waals surface area contributed by atoms with E-state index in [9.17, 15) is 31.5 Å². The molecule has 2 aromatic carbocycles. The van der Waals surface area contributed by atoms with E-state index in [-0.39, 0.29) is 21.9 Å². The molecule has 0 spiro atoms. The van der Waals surface area contributed by atoms with Crippen molar-refractivity contribution >= 4 is 21.4 Å². The minimum atomic E-state index is -4.57. The number of rotatable bonds is 6. The average molecular weight is 401 g/mol. The summed E-state index contributed by atoms with van der Waals surface area (Å²) in [5.41, 5.74) is -1.42. The Bertz CT molecular complexity index is 940. The van der Waals surface area contributed by atoms with Crippen LogP contribution < -0.4 is 5.32 Å². The topological polar surface area (TPSA) is 83.5 Å². The van der Waals surface area contributed by atoms with Crippen molar-refractivity contribution in [1.82, 2.24) is 0 Å². The van der Waals surface area contributed by atoms with Crippen LogP contribution in [0.4, 0.5) is 18.9 Å². The number of alkyl halides is 3. The van der Waals surface area contributed by atoms with E-state index in [1.54, 1.807) is 0 Å². The number of halogens is 3. The monoisotopic (exact) mass is 401 g/mol. The van der Waals surface area contributed by atoms with Gasteiger partial charge in [-0.05, 0) is 42.8 Å². The van der Waals surface area contributed by atoms with Crippen LogP contribution >= 0.6 is 0 Å². The first-order valence-electron chi connectivity index (χ1n) is 8.09. The van der Waals surface area contributed by atoms with Crippen molar-refractivity contribution in [2.24, 2.45) is 0 Å². The summed E-state index contributed by atoms with van der Waals surface area (Å²) in [6, 6.07) is 7.26. The number of carbonyl (C=O) groups is 1. The maximum absolute atomic E-state index is 12.8. The highest BCUT2D eigenvalue weighted by atomic mass is 32.2. The van der Waals surface area contributed by atoms with Gasteiger partial charge in [-0.2, -0.15) is 13.2 Å². The molecule has 0 radical (unpaired) electrons. The zero-order chi connectivity index (χ0) is 20.2. The maximum Gasteiger partial charge on any atom is 0.416 e. The second kappa shape index (κ2) is 7.99. The zero-order valence-corrected chi connectivity index (χ0v) is 15.2. The third-order valence-corrected chi connectivity index (χ3v) is 5.58. The molecular weight excluding hydrogens is 383 g/mol. The highest BCUT2D eigenvalue weighted by molar-refractivity contribution is 7.91. The second-order valence-electron chi connectivity index (χ2n) is 5.88. The first kappa shape index (κ1) is 20.8. The summed E-state index contributed by atoms with van der Waals surface area (Å²) in [5.74, 6) is -1.50. The third-order valence-electron chi connectivity index (χ3n) is 3.79. The molecule has 2 aromatic rings. The van der Waals surface area contributed by atoms with Crippen molar-refractivity contribution in [2.75, 3.05) is 11.1 Å². The third kappa shape index (κ3) is 5.22. The molecule has 0 atom stereocenters. The summed E-state index contributed by atoms with van der Waals surface area (Å²) in [6.45, 7) is 1.83. The van der Waals surface area contributed by atoms with Crippen LogP contribution in [0, 0.1) is 0 Å². The SMILES string of the molecule is CCCCS(=O)(=O)c1ccc(O)c(C(=O)Nc2cccc(C(F)(F)F)c2)c1. The molecule has 0 aliphatic carbocycles. The van der Waals surface area contributed by atoms with Crippen molar-refractivity contribution in [3.8, 4) is 5.75 Å². The smallest absolute Gasteiger partial charge is 0.416 e. The fraction of sp³-hybridized carbons (Fsp3) is 0.278. The Morgan fingerprint density at radius 3 is 2.48 bits per heavy atom. The molecule has 2 N–H and O–H groups in total. The van der Waals surface area contributed by atoms with Crippen LogP contribution in [0.3, 0.4) is 0 Å². The van der Waals surface area contributed by atoms with Gasteiger partial charge in [0.05, 0.1) is 21.8 Å². The molecule has 0 saturated heterocycles. The van der Waals surface area contributed by atoms with Crippen molar-refractivity contribution in [1.29, 1.82) is 0 Å². The summed E-state index contributed by atoms with van der Waals surface area (Å²) in [6.07, 6.45) is -3.47. The van der Waals surface area contributed by atoms with Crippen molar-refractivity contribution in [3.63, 3.8) is 0 Å². The quantitative estimate of drug-likeness (QED) is 0.759. The molecule has 0 saturated carbocycles. The Morgan fingerprint density at radius 2 is 1.85 bits per heavy atom. The number of phenolic OH excluding ortho intramolecular Hbond substituents is 1. The largest absolute Gasteiger partial charge is 0.507 e. The normalized spacial score (nSPS) is 12.0. The van der Waals surface area contributed by atoms with Gasteiger partial charge in [-0.15, -0.1) is 0 Å². The van der Waals surface area contributed by atoms with Gasteiger partial charge in [0.15, 0.2) is 9.84 Å². The van der Waals surface area contributed by atoms with Crippen LogP contribution in [0.15, 0.2) is 47.4 Å². The second-order valence-corrected chi connectivity index (χ2v) is 7.99. The molecule has 0 fully saturated rings. The highest BCUT2D eigenvalue weighted by Crippen LogP contribution is 2.31. The van der Waals surface area contributed by atoms with E-state index in [1.165, 1.54) is 12.1 Å². The van der Waals surface area contributed by atoms with Crippen molar-refractivity contribution in [2.45, 2.75) is 30.8 Å². The van der Waals surface area contributed by atoms with Crippen LogP contribution in [-0.2, 0) is 16.0 Å². The molecule has 0 bridgehead atoms. The van der Waals surface area contributed by atoms with E-state index in [0.717, 1.165) is 30.3 Å². The van der Waals surface area contributed by atoms with Crippen LogP contribution in [0.1, 0.15) is 35.7 Å². The Kier molecular flexibility index (Phi) is 6.15. The molecule has 0 heterocycles. The number of phenols is 1. The summed E-state index contributed by atoms with van der Waals surface area (Å²) in [5, 5.41) is 12.1. The number of hydrogen-bond donors (Lipinski definition) is 2. The maximum atomic E-state index is 12.8. The first-order valence-corrected chi connectivity index (χ1v) is 9.74. The zero-order valence-electron chi connectivity index (χ0n) is 14.4. The number of sulfone groups is 1. The van der Waals surface area contributed by atoms with E-state index < -0.39 is 33.2 Å². The summed E-state index contributed by atoms with van der Waals surface area (Å²) in [4.78, 5) is 12.2. The minimum Gasteiger partial charge on any atom is -0.507 e. The molecule has 1 amide bonds. The fourth-order valence-electron chi connectivity index (χ4n) is 2.31. The van der Waals surface area contributed by atoms with Crippen LogP contribution in [0.2, 0.25) is 0 Å². The predicted molar refractivity (Wildman–Crippen MR) is 94.5 cm³/mol. The molecule has 0 aliphatic heterocycles. The molecule has 146 valence electrons. The molecular formula is C18H18F3NO4S. The molecule has 9 heteroatoms. The lowest BCUT2D eigenvalue weighted by Gasteiger charge is -2.11. The number of aromatic hydroxyl groups is 1. The number of anilines is 1. The molecule has 0 unspecified atom stereocenters. The Morgan fingerprint density at radius 1 is 1.15 bits per heavy atom. The number of unbranched alkanes of at least 4 members (excludes halogenated alkanes) is 1. The van der Waals surface area contributed by atoms with E-state index >= 15 is 0 Å². The standard InChI is InChI=1S/C18H18F3NO4S/c1-2-3-9-27(25,26)14-7-8-16(23)15(11-14)17(24)22-13-6-4-5-12(10-13)18(19,20)21/h4-8,10-11,23H,2-3,9H2,1H3,(H,22,24). The summed E-state index contributed by atoms with van der Waals surface area (Å²) >= 11 is 0. The Labute approximate surface area is 154 Å². The highest BCUT2D eigenvalue weighted by Gasteiger charge is 2.30.